The Morgan fingerprint density at radius 1 is 1.06 bits per heavy atom. The number of alkyl halides is 6. The fraction of sp³-hybridized carbons (Fsp3) is 0.455. The number of hydrogen-bond acceptors (Lipinski definition) is 1. The molecule has 0 saturated heterocycles. The highest BCUT2D eigenvalue weighted by molar-refractivity contribution is 5.36. The summed E-state index contributed by atoms with van der Waals surface area (Å²) in [6, 6.07) is 1.04. The Morgan fingerprint density at radius 3 is 2.00 bits per heavy atom. The molecule has 1 aromatic carbocycles. The molecule has 0 radical (unpaired) electrons. The summed E-state index contributed by atoms with van der Waals surface area (Å²) in [6.07, 6.45) is -11.2. The SMILES string of the molecule is CC[C@@H](O)c1cc(C(F)(F)F)ccc1C(F)(F)F. The summed E-state index contributed by atoms with van der Waals surface area (Å²) in [4.78, 5) is 0. The lowest BCUT2D eigenvalue weighted by Crippen LogP contribution is -2.14. The van der Waals surface area contributed by atoms with E-state index in [1.807, 2.05) is 0 Å². The van der Waals surface area contributed by atoms with Crippen molar-refractivity contribution in [1.29, 1.82) is 0 Å². The normalized spacial score (nSPS) is 14.7. The van der Waals surface area contributed by atoms with Gasteiger partial charge in [0.1, 0.15) is 0 Å². The van der Waals surface area contributed by atoms with E-state index in [1.165, 1.54) is 6.92 Å². The van der Waals surface area contributed by atoms with Crippen LogP contribution in [0.5, 0.6) is 0 Å². The Morgan fingerprint density at radius 2 is 1.61 bits per heavy atom. The van der Waals surface area contributed by atoms with Crippen LogP contribution in [0.4, 0.5) is 26.3 Å². The molecule has 7 heteroatoms. The van der Waals surface area contributed by atoms with E-state index in [4.69, 9.17) is 0 Å². The smallest absolute Gasteiger partial charge is 0.388 e. The van der Waals surface area contributed by atoms with Crippen molar-refractivity contribution in [1.82, 2.24) is 0 Å². The van der Waals surface area contributed by atoms with Crippen LogP contribution in [-0.4, -0.2) is 5.11 Å². The van der Waals surface area contributed by atoms with Crippen LogP contribution < -0.4 is 0 Å². The Bertz CT molecular complexity index is 421. The average Bonchev–Trinajstić information content (AvgIpc) is 2.24. The number of rotatable bonds is 2. The second kappa shape index (κ2) is 4.79. The first-order valence-corrected chi connectivity index (χ1v) is 5.03. The third-order valence-electron chi connectivity index (χ3n) is 2.43. The van der Waals surface area contributed by atoms with Crippen LogP contribution in [0.15, 0.2) is 18.2 Å². The maximum Gasteiger partial charge on any atom is 0.416 e. The molecule has 0 amide bonds. The van der Waals surface area contributed by atoms with E-state index in [0.29, 0.717) is 18.2 Å². The summed E-state index contributed by atoms with van der Waals surface area (Å²) in [7, 11) is 0. The maximum absolute atomic E-state index is 12.6. The van der Waals surface area contributed by atoms with Crippen molar-refractivity contribution >= 4 is 0 Å². The van der Waals surface area contributed by atoms with Crippen LogP contribution in [0.1, 0.15) is 36.1 Å². The van der Waals surface area contributed by atoms with E-state index < -0.39 is 35.1 Å². The molecule has 0 aliphatic rings. The lowest BCUT2D eigenvalue weighted by molar-refractivity contribution is -0.142. The minimum Gasteiger partial charge on any atom is -0.388 e. The molecular formula is C11H10F6O. The molecule has 0 fully saturated rings. The van der Waals surface area contributed by atoms with Crippen molar-refractivity contribution in [2.24, 2.45) is 0 Å². The van der Waals surface area contributed by atoms with Gasteiger partial charge >= 0.3 is 12.4 Å². The highest BCUT2D eigenvalue weighted by Crippen LogP contribution is 2.39. The molecule has 0 heterocycles. The molecule has 1 N–H and O–H groups in total. The van der Waals surface area contributed by atoms with Crippen molar-refractivity contribution in [3.63, 3.8) is 0 Å². The van der Waals surface area contributed by atoms with Gasteiger partial charge in [0.15, 0.2) is 0 Å². The molecule has 1 aromatic rings. The van der Waals surface area contributed by atoms with Gasteiger partial charge in [-0.1, -0.05) is 6.92 Å². The van der Waals surface area contributed by atoms with Gasteiger partial charge in [0.05, 0.1) is 17.2 Å². The lowest BCUT2D eigenvalue weighted by Gasteiger charge is -2.18. The molecule has 0 bridgehead atoms. The zero-order valence-electron chi connectivity index (χ0n) is 9.23. The number of hydrogen-bond donors (Lipinski definition) is 1. The second-order valence-electron chi connectivity index (χ2n) is 3.72. The van der Waals surface area contributed by atoms with E-state index >= 15 is 0 Å². The Kier molecular flexibility index (Phi) is 3.95. The van der Waals surface area contributed by atoms with E-state index in [9.17, 15) is 31.4 Å². The second-order valence-corrected chi connectivity index (χ2v) is 3.72. The van der Waals surface area contributed by atoms with Crippen LogP contribution in [0.3, 0.4) is 0 Å². The van der Waals surface area contributed by atoms with E-state index in [2.05, 4.69) is 0 Å². The molecule has 0 saturated carbocycles. The van der Waals surface area contributed by atoms with Gasteiger partial charge in [0.2, 0.25) is 0 Å². The number of halogens is 6. The first kappa shape index (κ1) is 14.8. The fourth-order valence-electron chi connectivity index (χ4n) is 1.49. The summed E-state index contributed by atoms with van der Waals surface area (Å²) in [6.45, 7) is 1.38. The maximum atomic E-state index is 12.6. The zero-order valence-corrected chi connectivity index (χ0v) is 9.23. The molecule has 102 valence electrons. The zero-order chi connectivity index (χ0) is 14.1. The molecule has 1 rings (SSSR count). The number of benzene rings is 1. The Hall–Kier alpha value is -1.24. The van der Waals surface area contributed by atoms with E-state index in [1.54, 1.807) is 0 Å². The van der Waals surface area contributed by atoms with Gasteiger partial charge in [-0.05, 0) is 30.2 Å². The van der Waals surface area contributed by atoms with Gasteiger partial charge in [-0.2, -0.15) is 26.3 Å². The average molecular weight is 272 g/mol. The van der Waals surface area contributed by atoms with Gasteiger partial charge < -0.3 is 5.11 Å². The van der Waals surface area contributed by atoms with Crippen LogP contribution in [0, 0.1) is 0 Å². The first-order valence-electron chi connectivity index (χ1n) is 5.03. The monoisotopic (exact) mass is 272 g/mol. The lowest BCUT2D eigenvalue weighted by atomic mass is 9.97. The third-order valence-corrected chi connectivity index (χ3v) is 2.43. The molecule has 0 unspecified atom stereocenters. The van der Waals surface area contributed by atoms with Gasteiger partial charge in [0.25, 0.3) is 0 Å². The van der Waals surface area contributed by atoms with Gasteiger partial charge in [-0.25, -0.2) is 0 Å². The summed E-state index contributed by atoms with van der Waals surface area (Å²) in [5, 5.41) is 9.40. The standard InChI is InChI=1S/C11H10F6O/c1-2-9(18)7-5-6(10(12,13)14)3-4-8(7)11(15,16)17/h3-5,9,18H,2H2,1H3/t9-/m1/s1. The van der Waals surface area contributed by atoms with Crippen molar-refractivity contribution in [2.75, 3.05) is 0 Å². The largest absolute Gasteiger partial charge is 0.416 e. The highest BCUT2D eigenvalue weighted by Gasteiger charge is 2.38. The summed E-state index contributed by atoms with van der Waals surface area (Å²) < 4.78 is 74.9. The molecular weight excluding hydrogens is 262 g/mol. The van der Waals surface area contributed by atoms with E-state index in [0.717, 1.165) is 0 Å². The van der Waals surface area contributed by atoms with E-state index in [-0.39, 0.29) is 6.42 Å². The minimum atomic E-state index is -4.80. The van der Waals surface area contributed by atoms with Crippen molar-refractivity contribution in [3.8, 4) is 0 Å². The van der Waals surface area contributed by atoms with Crippen LogP contribution in [-0.2, 0) is 12.4 Å². The van der Waals surface area contributed by atoms with Crippen molar-refractivity contribution < 1.29 is 31.4 Å². The molecule has 0 aliphatic heterocycles. The predicted octanol–water partition coefficient (Wildman–Crippen LogP) is 4.17. The quantitative estimate of drug-likeness (QED) is 0.801. The molecule has 0 spiro atoms. The first-order chi connectivity index (χ1) is 8.07. The Balaban J connectivity index is 3.39. The molecule has 1 atom stereocenters. The molecule has 0 aliphatic carbocycles. The third kappa shape index (κ3) is 3.16. The van der Waals surface area contributed by atoms with Crippen molar-refractivity contribution in [2.45, 2.75) is 31.8 Å². The summed E-state index contributed by atoms with van der Waals surface area (Å²) in [5.41, 5.74) is -3.21. The molecule has 0 aromatic heterocycles. The molecule has 18 heavy (non-hydrogen) atoms. The van der Waals surface area contributed by atoms with Gasteiger partial charge in [0, 0.05) is 0 Å². The summed E-state index contributed by atoms with van der Waals surface area (Å²) in [5.74, 6) is 0. The minimum absolute atomic E-state index is 0.107. The number of aliphatic hydroxyl groups excluding tert-OH is 1. The van der Waals surface area contributed by atoms with Crippen LogP contribution in [0.25, 0.3) is 0 Å². The number of aliphatic hydroxyl groups is 1. The fourth-order valence-corrected chi connectivity index (χ4v) is 1.49. The molecule has 1 nitrogen and oxygen atoms in total. The van der Waals surface area contributed by atoms with Crippen molar-refractivity contribution in [3.05, 3.63) is 34.9 Å². The van der Waals surface area contributed by atoms with Gasteiger partial charge in [-0.15, -0.1) is 0 Å². The van der Waals surface area contributed by atoms with Crippen LogP contribution in [0.2, 0.25) is 0 Å². The van der Waals surface area contributed by atoms with Crippen LogP contribution >= 0.6 is 0 Å². The Labute approximate surface area is 99.0 Å². The topological polar surface area (TPSA) is 20.2 Å². The highest BCUT2D eigenvalue weighted by atomic mass is 19.4. The predicted molar refractivity (Wildman–Crippen MR) is 51.7 cm³/mol. The summed E-state index contributed by atoms with van der Waals surface area (Å²) >= 11 is 0. The van der Waals surface area contributed by atoms with Gasteiger partial charge in [-0.3, -0.25) is 0 Å².